The molecular weight excluding hydrogens is 371 g/mol. The minimum Gasteiger partial charge on any atom is -0.476 e. The molecular formula is C14H13IN2O3. The van der Waals surface area contributed by atoms with Gasteiger partial charge in [0.1, 0.15) is 11.6 Å². The van der Waals surface area contributed by atoms with Crippen molar-refractivity contribution in [3.05, 3.63) is 45.6 Å². The normalized spacial score (nSPS) is 10.6. The summed E-state index contributed by atoms with van der Waals surface area (Å²) >= 11 is 2.16. The highest BCUT2D eigenvalue weighted by molar-refractivity contribution is 14.1. The zero-order chi connectivity index (χ0) is 14.7. The first kappa shape index (κ1) is 14.7. The van der Waals surface area contributed by atoms with Crippen LogP contribution in [0.2, 0.25) is 0 Å². The highest BCUT2D eigenvalue weighted by Crippen LogP contribution is 2.26. The quantitative estimate of drug-likeness (QED) is 0.814. The number of halogens is 1. The Morgan fingerprint density at radius 2 is 2.15 bits per heavy atom. The van der Waals surface area contributed by atoms with Crippen LogP contribution >= 0.6 is 22.6 Å². The lowest BCUT2D eigenvalue weighted by Crippen LogP contribution is -2.08. The van der Waals surface area contributed by atoms with Crippen LogP contribution in [0, 0.1) is 3.57 Å². The van der Waals surface area contributed by atoms with Crippen LogP contribution in [0.1, 0.15) is 36.1 Å². The fraction of sp³-hybridized carbons (Fsp3) is 0.214. The van der Waals surface area contributed by atoms with Crippen LogP contribution in [-0.2, 0) is 0 Å². The zero-order valence-electron chi connectivity index (χ0n) is 11.0. The van der Waals surface area contributed by atoms with E-state index < -0.39 is 5.97 Å². The molecule has 1 heterocycles. The predicted molar refractivity (Wildman–Crippen MR) is 82.3 cm³/mol. The Bertz CT molecular complexity index is 644. The molecule has 1 aromatic carbocycles. The van der Waals surface area contributed by atoms with Crippen molar-refractivity contribution in [1.82, 2.24) is 9.97 Å². The van der Waals surface area contributed by atoms with Gasteiger partial charge in [-0.15, -0.1) is 0 Å². The van der Waals surface area contributed by atoms with E-state index in [0.717, 1.165) is 3.57 Å². The van der Waals surface area contributed by atoms with Crippen LogP contribution < -0.4 is 4.74 Å². The van der Waals surface area contributed by atoms with Gasteiger partial charge in [-0.1, -0.05) is 19.9 Å². The second kappa shape index (κ2) is 6.17. The van der Waals surface area contributed by atoms with Crippen LogP contribution in [0.5, 0.6) is 11.5 Å². The number of hydrogen-bond donors (Lipinski definition) is 1. The van der Waals surface area contributed by atoms with Crippen molar-refractivity contribution in [2.24, 2.45) is 0 Å². The number of rotatable bonds is 4. The van der Waals surface area contributed by atoms with Gasteiger partial charge in [-0.25, -0.2) is 14.8 Å². The van der Waals surface area contributed by atoms with E-state index in [4.69, 9.17) is 4.74 Å². The summed E-state index contributed by atoms with van der Waals surface area (Å²) in [5, 5.41) is 9.23. The van der Waals surface area contributed by atoms with Gasteiger partial charge in [-0.05, 0) is 40.8 Å². The molecule has 0 aliphatic carbocycles. The number of aromatic carboxylic acids is 1. The Balaban J connectivity index is 2.38. The standard InChI is InChI=1S/C14H13IN2O3/c1-8(2)13-16-7-11(12(17-13)14(18)19)20-10-5-3-4-9(15)6-10/h3-8H,1-2H3,(H,18,19). The number of nitrogens with zero attached hydrogens (tertiary/aromatic N) is 2. The second-order valence-corrected chi connectivity index (χ2v) is 5.71. The summed E-state index contributed by atoms with van der Waals surface area (Å²) in [7, 11) is 0. The Morgan fingerprint density at radius 1 is 1.40 bits per heavy atom. The van der Waals surface area contributed by atoms with E-state index in [9.17, 15) is 9.90 Å². The number of carbonyl (C=O) groups is 1. The van der Waals surface area contributed by atoms with E-state index in [2.05, 4.69) is 32.6 Å². The molecule has 0 bridgehead atoms. The molecule has 1 N–H and O–H groups in total. The van der Waals surface area contributed by atoms with Crippen LogP contribution in [0.15, 0.2) is 30.5 Å². The maximum Gasteiger partial charge on any atom is 0.358 e. The lowest BCUT2D eigenvalue weighted by Gasteiger charge is -2.10. The van der Waals surface area contributed by atoms with Gasteiger partial charge in [-0.2, -0.15) is 0 Å². The van der Waals surface area contributed by atoms with E-state index in [0.29, 0.717) is 11.6 Å². The van der Waals surface area contributed by atoms with Crippen LogP contribution in [0.25, 0.3) is 0 Å². The Kier molecular flexibility index (Phi) is 4.53. The summed E-state index contributed by atoms with van der Waals surface area (Å²) < 4.78 is 6.57. The van der Waals surface area contributed by atoms with Crippen molar-refractivity contribution in [3.63, 3.8) is 0 Å². The monoisotopic (exact) mass is 384 g/mol. The fourth-order valence-electron chi connectivity index (χ4n) is 1.55. The molecule has 0 spiro atoms. The van der Waals surface area contributed by atoms with E-state index in [1.54, 1.807) is 6.07 Å². The third-order valence-electron chi connectivity index (χ3n) is 2.52. The molecule has 5 nitrogen and oxygen atoms in total. The summed E-state index contributed by atoms with van der Waals surface area (Å²) in [6.07, 6.45) is 1.41. The molecule has 0 fully saturated rings. The van der Waals surface area contributed by atoms with Gasteiger partial charge in [-0.3, -0.25) is 0 Å². The topological polar surface area (TPSA) is 72.3 Å². The highest BCUT2D eigenvalue weighted by Gasteiger charge is 2.17. The molecule has 20 heavy (non-hydrogen) atoms. The lowest BCUT2D eigenvalue weighted by atomic mass is 10.2. The minimum atomic E-state index is -1.13. The molecule has 1 aromatic heterocycles. The van der Waals surface area contributed by atoms with Gasteiger partial charge >= 0.3 is 5.97 Å². The summed E-state index contributed by atoms with van der Waals surface area (Å²) in [5.41, 5.74) is -0.123. The number of carboxylic acids is 1. The van der Waals surface area contributed by atoms with Gasteiger partial charge in [0.05, 0.1) is 6.20 Å². The molecule has 0 radical (unpaired) electrons. The lowest BCUT2D eigenvalue weighted by molar-refractivity contribution is 0.0686. The summed E-state index contributed by atoms with van der Waals surface area (Å²) in [5.74, 6) is 0.108. The molecule has 2 aromatic rings. The van der Waals surface area contributed by atoms with Gasteiger partial charge < -0.3 is 9.84 Å². The summed E-state index contributed by atoms with van der Waals surface area (Å²) in [6, 6.07) is 7.32. The highest BCUT2D eigenvalue weighted by atomic mass is 127. The Morgan fingerprint density at radius 3 is 2.75 bits per heavy atom. The maximum absolute atomic E-state index is 11.3. The summed E-state index contributed by atoms with van der Waals surface area (Å²) in [6.45, 7) is 3.81. The third kappa shape index (κ3) is 3.44. The second-order valence-electron chi connectivity index (χ2n) is 4.46. The Labute approximate surface area is 130 Å². The SMILES string of the molecule is CC(C)c1ncc(Oc2cccc(I)c2)c(C(=O)O)n1. The molecule has 2 rings (SSSR count). The summed E-state index contributed by atoms with van der Waals surface area (Å²) in [4.78, 5) is 19.5. The van der Waals surface area contributed by atoms with E-state index in [1.807, 2.05) is 32.0 Å². The third-order valence-corrected chi connectivity index (χ3v) is 3.19. The van der Waals surface area contributed by atoms with Crippen LogP contribution in [0.3, 0.4) is 0 Å². The minimum absolute atomic E-state index is 0.0554. The first-order valence-electron chi connectivity index (χ1n) is 6.01. The van der Waals surface area contributed by atoms with Crippen LogP contribution in [-0.4, -0.2) is 21.0 Å². The number of carboxylic acid groups (broad SMARTS) is 1. The average Bonchev–Trinajstić information content (AvgIpc) is 2.38. The zero-order valence-corrected chi connectivity index (χ0v) is 13.2. The molecule has 0 atom stereocenters. The molecule has 0 saturated heterocycles. The molecule has 6 heteroatoms. The van der Waals surface area contributed by atoms with Gasteiger partial charge in [0.25, 0.3) is 0 Å². The maximum atomic E-state index is 11.3. The molecule has 0 amide bonds. The van der Waals surface area contributed by atoms with E-state index in [-0.39, 0.29) is 17.4 Å². The van der Waals surface area contributed by atoms with Crippen molar-refractivity contribution in [3.8, 4) is 11.5 Å². The van der Waals surface area contributed by atoms with Crippen LogP contribution in [0.4, 0.5) is 0 Å². The molecule has 0 aliphatic rings. The van der Waals surface area contributed by atoms with Gasteiger partial charge in [0.15, 0.2) is 11.4 Å². The van der Waals surface area contributed by atoms with Crippen molar-refractivity contribution in [1.29, 1.82) is 0 Å². The largest absolute Gasteiger partial charge is 0.476 e. The fourth-order valence-corrected chi connectivity index (χ4v) is 2.06. The molecule has 0 saturated carbocycles. The number of hydrogen-bond acceptors (Lipinski definition) is 4. The first-order chi connectivity index (χ1) is 9.47. The Hall–Kier alpha value is -1.70. The van der Waals surface area contributed by atoms with Gasteiger partial charge in [0.2, 0.25) is 0 Å². The average molecular weight is 384 g/mol. The molecule has 0 unspecified atom stereocenters. The number of benzene rings is 1. The number of ether oxygens (including phenoxy) is 1. The molecule has 0 aliphatic heterocycles. The van der Waals surface area contributed by atoms with Crippen molar-refractivity contribution >= 4 is 28.6 Å². The van der Waals surface area contributed by atoms with E-state index >= 15 is 0 Å². The first-order valence-corrected chi connectivity index (χ1v) is 7.09. The predicted octanol–water partition coefficient (Wildman–Crippen LogP) is 3.70. The van der Waals surface area contributed by atoms with Crippen molar-refractivity contribution in [2.45, 2.75) is 19.8 Å². The number of aromatic nitrogens is 2. The molecule has 104 valence electrons. The van der Waals surface area contributed by atoms with Crippen molar-refractivity contribution < 1.29 is 14.6 Å². The van der Waals surface area contributed by atoms with Crippen molar-refractivity contribution in [2.75, 3.05) is 0 Å². The van der Waals surface area contributed by atoms with Gasteiger partial charge in [0, 0.05) is 9.49 Å². The smallest absolute Gasteiger partial charge is 0.358 e. The van der Waals surface area contributed by atoms with E-state index in [1.165, 1.54) is 6.20 Å².